The van der Waals surface area contributed by atoms with Gasteiger partial charge in [0.05, 0.1) is 12.5 Å². The van der Waals surface area contributed by atoms with Crippen molar-refractivity contribution in [3.8, 4) is 0 Å². The minimum Gasteiger partial charge on any atom is -0.481 e. The zero-order valence-electron chi connectivity index (χ0n) is 16.8. The second-order valence-electron chi connectivity index (χ2n) is 8.54. The van der Waals surface area contributed by atoms with E-state index in [0.717, 1.165) is 30.6 Å². The Kier molecular flexibility index (Phi) is 13.4. The van der Waals surface area contributed by atoms with Gasteiger partial charge in [0.25, 0.3) is 0 Å². The molecule has 0 rings (SSSR count). The third kappa shape index (κ3) is 13.8. The minimum absolute atomic E-state index is 0.0780. The van der Waals surface area contributed by atoms with Crippen molar-refractivity contribution in [3.63, 3.8) is 0 Å². The summed E-state index contributed by atoms with van der Waals surface area (Å²) in [6, 6.07) is 0. The van der Waals surface area contributed by atoms with Crippen LogP contribution in [-0.4, -0.2) is 22.3 Å². The molecule has 3 nitrogen and oxygen atoms in total. The van der Waals surface area contributed by atoms with E-state index < -0.39 is 12.1 Å². The summed E-state index contributed by atoms with van der Waals surface area (Å²) in [5.41, 5.74) is 0. The van der Waals surface area contributed by atoms with Crippen molar-refractivity contribution in [1.29, 1.82) is 0 Å². The van der Waals surface area contributed by atoms with E-state index in [4.69, 9.17) is 5.11 Å². The smallest absolute Gasteiger partial charge is 0.305 e. The van der Waals surface area contributed by atoms with Gasteiger partial charge < -0.3 is 10.2 Å². The van der Waals surface area contributed by atoms with E-state index in [0.29, 0.717) is 0 Å². The van der Waals surface area contributed by atoms with Gasteiger partial charge in [-0.1, -0.05) is 86.0 Å². The van der Waals surface area contributed by atoms with Crippen LogP contribution in [0.15, 0.2) is 0 Å². The fourth-order valence-corrected chi connectivity index (χ4v) is 3.34. The molecule has 2 N–H and O–H groups in total. The molecule has 0 aliphatic carbocycles. The lowest BCUT2D eigenvalue weighted by Crippen LogP contribution is -2.21. The summed E-state index contributed by atoms with van der Waals surface area (Å²) in [5.74, 6) is 1.58. The van der Waals surface area contributed by atoms with Crippen molar-refractivity contribution in [2.24, 2.45) is 23.7 Å². The highest BCUT2D eigenvalue weighted by atomic mass is 16.4. The Morgan fingerprint density at radius 2 is 1.17 bits per heavy atom. The van der Waals surface area contributed by atoms with Crippen LogP contribution in [0.25, 0.3) is 0 Å². The monoisotopic (exact) mass is 342 g/mol. The van der Waals surface area contributed by atoms with Crippen molar-refractivity contribution in [1.82, 2.24) is 0 Å². The maximum Gasteiger partial charge on any atom is 0.305 e. The molecule has 4 atom stereocenters. The first-order chi connectivity index (χ1) is 11.2. The molecule has 0 aliphatic heterocycles. The predicted molar refractivity (Wildman–Crippen MR) is 102 cm³/mol. The van der Waals surface area contributed by atoms with E-state index in [1.807, 2.05) is 6.92 Å². The minimum atomic E-state index is -0.912. The van der Waals surface area contributed by atoms with Gasteiger partial charge in [0.1, 0.15) is 0 Å². The van der Waals surface area contributed by atoms with Crippen LogP contribution in [0.3, 0.4) is 0 Å². The first kappa shape index (κ1) is 23.4. The molecule has 0 radical (unpaired) electrons. The van der Waals surface area contributed by atoms with Gasteiger partial charge in [-0.15, -0.1) is 0 Å². The number of hydrogen-bond acceptors (Lipinski definition) is 2. The third-order valence-corrected chi connectivity index (χ3v) is 5.27. The van der Waals surface area contributed by atoms with E-state index in [1.165, 1.54) is 44.9 Å². The van der Waals surface area contributed by atoms with E-state index in [9.17, 15) is 9.90 Å². The molecule has 3 heteroatoms. The van der Waals surface area contributed by atoms with Gasteiger partial charge in [0.15, 0.2) is 0 Å². The Balaban J connectivity index is 3.65. The van der Waals surface area contributed by atoms with Crippen LogP contribution in [0, 0.1) is 23.7 Å². The Bertz CT molecular complexity index is 314. The third-order valence-electron chi connectivity index (χ3n) is 5.27. The zero-order valence-corrected chi connectivity index (χ0v) is 16.8. The molecule has 0 unspecified atom stereocenters. The molecule has 0 spiro atoms. The largest absolute Gasteiger partial charge is 0.481 e. The second-order valence-corrected chi connectivity index (χ2v) is 8.54. The first-order valence-electron chi connectivity index (χ1n) is 10.1. The summed E-state index contributed by atoms with van der Waals surface area (Å²) in [7, 11) is 0. The van der Waals surface area contributed by atoms with Crippen LogP contribution in [0.5, 0.6) is 0 Å². The maximum atomic E-state index is 10.6. The van der Waals surface area contributed by atoms with E-state index in [-0.39, 0.29) is 12.3 Å². The summed E-state index contributed by atoms with van der Waals surface area (Å²) in [5, 5.41) is 18.5. The molecule has 0 saturated carbocycles. The van der Waals surface area contributed by atoms with Crippen LogP contribution in [0.1, 0.15) is 98.8 Å². The number of hydrogen-bond donors (Lipinski definition) is 2. The lowest BCUT2D eigenvalue weighted by atomic mass is 9.90. The van der Waals surface area contributed by atoms with Crippen LogP contribution >= 0.6 is 0 Å². The second kappa shape index (κ2) is 13.7. The molecular weight excluding hydrogens is 300 g/mol. The summed E-state index contributed by atoms with van der Waals surface area (Å²) in [6.45, 7) is 11.3. The molecule has 144 valence electrons. The average Bonchev–Trinajstić information content (AvgIpc) is 2.45. The van der Waals surface area contributed by atoms with Crippen molar-refractivity contribution in [2.45, 2.75) is 105 Å². The molecule has 0 aromatic rings. The van der Waals surface area contributed by atoms with Gasteiger partial charge in [0, 0.05) is 0 Å². The molecule has 0 aromatic carbocycles. The van der Waals surface area contributed by atoms with Crippen molar-refractivity contribution >= 4 is 5.97 Å². The number of aliphatic hydroxyl groups is 1. The fourth-order valence-electron chi connectivity index (χ4n) is 3.34. The molecule has 0 heterocycles. The van der Waals surface area contributed by atoms with Gasteiger partial charge in [-0.05, 0) is 30.1 Å². The van der Waals surface area contributed by atoms with Gasteiger partial charge >= 0.3 is 5.97 Å². The summed E-state index contributed by atoms with van der Waals surface area (Å²) in [4.78, 5) is 10.6. The quantitative estimate of drug-likeness (QED) is 0.390. The summed E-state index contributed by atoms with van der Waals surface area (Å²) in [6.07, 6.45) is 10.4. The highest BCUT2D eigenvalue weighted by Gasteiger charge is 2.17. The Morgan fingerprint density at radius 1 is 0.750 bits per heavy atom. The fraction of sp³-hybridized carbons (Fsp3) is 0.952. The predicted octanol–water partition coefficient (Wildman–Crippen LogP) is 5.90. The van der Waals surface area contributed by atoms with Crippen LogP contribution in [0.2, 0.25) is 0 Å². The maximum absolute atomic E-state index is 10.6. The Hall–Kier alpha value is -0.570. The van der Waals surface area contributed by atoms with Gasteiger partial charge in [-0.3, -0.25) is 4.79 Å². The van der Waals surface area contributed by atoms with E-state index in [2.05, 4.69) is 27.7 Å². The molecule has 0 fully saturated rings. The molecule has 0 aromatic heterocycles. The van der Waals surface area contributed by atoms with Crippen molar-refractivity contribution < 1.29 is 15.0 Å². The zero-order chi connectivity index (χ0) is 18.5. The number of carbonyl (C=O) groups is 1. The van der Waals surface area contributed by atoms with Crippen LogP contribution in [-0.2, 0) is 4.79 Å². The SMILES string of the molecule is CC(C)CCC[C@@H](C)CCC[C@H](C)CCC[C@@H](C)[C@H](O)CC(=O)O. The van der Waals surface area contributed by atoms with Gasteiger partial charge in [-0.2, -0.15) is 0 Å². The lowest BCUT2D eigenvalue weighted by molar-refractivity contribution is -0.139. The van der Waals surface area contributed by atoms with Gasteiger partial charge in [-0.25, -0.2) is 0 Å². The highest BCUT2D eigenvalue weighted by molar-refractivity contribution is 5.67. The molecule has 0 saturated heterocycles. The van der Waals surface area contributed by atoms with E-state index in [1.54, 1.807) is 0 Å². The molecule has 24 heavy (non-hydrogen) atoms. The summed E-state index contributed by atoms with van der Waals surface area (Å²) < 4.78 is 0. The first-order valence-corrected chi connectivity index (χ1v) is 10.1. The van der Waals surface area contributed by atoms with Crippen molar-refractivity contribution in [3.05, 3.63) is 0 Å². The molecule has 0 amide bonds. The number of aliphatic carboxylic acids is 1. The number of carboxylic acid groups (broad SMARTS) is 1. The Morgan fingerprint density at radius 3 is 1.58 bits per heavy atom. The van der Waals surface area contributed by atoms with Gasteiger partial charge in [0.2, 0.25) is 0 Å². The molecular formula is C21H42O3. The van der Waals surface area contributed by atoms with Crippen LogP contribution < -0.4 is 0 Å². The Labute approximate surface area is 150 Å². The summed E-state index contributed by atoms with van der Waals surface area (Å²) >= 11 is 0. The van der Waals surface area contributed by atoms with Crippen LogP contribution in [0.4, 0.5) is 0 Å². The highest BCUT2D eigenvalue weighted by Crippen LogP contribution is 2.23. The standard InChI is InChI=1S/C21H42O3/c1-16(2)9-6-10-17(3)11-7-12-18(4)13-8-14-19(5)20(22)15-21(23)24/h16-20,22H,6-15H2,1-5H3,(H,23,24)/t17-,18+,19-,20-/m1/s1. The lowest BCUT2D eigenvalue weighted by Gasteiger charge is -2.18. The number of aliphatic hydroxyl groups excluding tert-OH is 1. The normalized spacial score (nSPS) is 16.8. The van der Waals surface area contributed by atoms with E-state index >= 15 is 0 Å². The molecule has 0 aliphatic rings. The number of rotatable bonds is 15. The topological polar surface area (TPSA) is 57.5 Å². The van der Waals surface area contributed by atoms with Crippen molar-refractivity contribution in [2.75, 3.05) is 0 Å². The number of carboxylic acids is 1. The average molecular weight is 343 g/mol. The molecule has 0 bridgehead atoms.